The lowest BCUT2D eigenvalue weighted by Crippen LogP contribution is -2.59. The van der Waals surface area contributed by atoms with E-state index in [0.717, 1.165) is 72.7 Å². The zero-order valence-corrected chi connectivity index (χ0v) is 61.0. The summed E-state index contributed by atoms with van der Waals surface area (Å²) in [6.07, 6.45) is 0. The second-order valence-electron chi connectivity index (χ2n) is 33.0. The molecule has 0 radical (unpaired) electrons. The maximum atomic E-state index is 6.01. The zero-order valence-electron chi connectivity index (χ0n) is 61.0. The molecule has 0 fully saturated rings. The molecule has 0 aliphatic carbocycles. The van der Waals surface area contributed by atoms with E-state index < -0.39 is 0 Å². The van der Waals surface area contributed by atoms with E-state index in [2.05, 4.69) is 377 Å². The van der Waals surface area contributed by atoms with Gasteiger partial charge in [0.2, 0.25) is 0 Å². The average molecular weight is 1330 g/mol. The minimum absolute atomic E-state index is 0.136. The van der Waals surface area contributed by atoms with Crippen LogP contribution in [0, 0.1) is 0 Å². The highest BCUT2D eigenvalue weighted by molar-refractivity contribution is 7.00. The molecule has 4 nitrogen and oxygen atoms in total. The number of fused-ring (bicyclic) bond motifs is 10. The summed E-state index contributed by atoms with van der Waals surface area (Å²) < 4.78 is 5.36. The molecule has 13 aromatic carbocycles. The fourth-order valence-corrected chi connectivity index (χ4v) is 16.5. The Bertz CT molecular complexity index is 5660. The van der Waals surface area contributed by atoms with Gasteiger partial charge in [-0.1, -0.05) is 289 Å². The smallest absolute Gasteiger partial charge is 0.252 e. The molecule has 0 N–H and O–H groups in total. The number of hydrogen-bond acceptors (Lipinski definition) is 2. The van der Waals surface area contributed by atoms with Crippen molar-refractivity contribution in [3.8, 4) is 112 Å². The van der Waals surface area contributed by atoms with E-state index in [1.807, 2.05) is 0 Å². The van der Waals surface area contributed by atoms with Crippen LogP contribution in [0.1, 0.15) is 105 Å². The standard InChI is InChI=1S/C98H83BN4/c1-95(2,3)73-43-70(44-74(57-73)96(4,5)6)83-59-84(101-94(100-83)72-45-75(97(7,8)9)58-76(46-72)98(10,11)12)71-55-87-91-88(56-71)103-86-54-69(63-37-25-16-26-38-63)48-78(65-41-29-18-30-42-65)90(86)80-50-67(61-33-21-14-22-34-61)52-82(93(80)103)99(91)81-51-66(60-31-19-13-20-32-60)49-79-89-77(64-39-27-17-28-40-64)47-68(62-35-23-15-24-36-62)53-85(89)102(87)92(79)81/h13-59H,1-12H3. The third kappa shape index (κ3) is 10.8. The predicted octanol–water partition coefficient (Wildman–Crippen LogP) is 24.0. The molecule has 498 valence electrons. The van der Waals surface area contributed by atoms with Crippen molar-refractivity contribution in [3.63, 3.8) is 0 Å². The van der Waals surface area contributed by atoms with Crippen molar-refractivity contribution >= 4 is 66.7 Å². The van der Waals surface area contributed by atoms with Gasteiger partial charge in [0.25, 0.3) is 6.71 Å². The lowest BCUT2D eigenvalue weighted by molar-refractivity contribution is 0.568. The van der Waals surface area contributed by atoms with Gasteiger partial charge in [-0.2, -0.15) is 0 Å². The Morgan fingerprint density at radius 1 is 0.262 bits per heavy atom. The predicted molar refractivity (Wildman–Crippen MR) is 439 cm³/mol. The summed E-state index contributed by atoms with van der Waals surface area (Å²) in [5, 5.41) is 4.88. The van der Waals surface area contributed by atoms with Crippen LogP contribution in [0.25, 0.3) is 156 Å². The van der Waals surface area contributed by atoms with Crippen molar-refractivity contribution in [2.45, 2.75) is 105 Å². The van der Waals surface area contributed by atoms with E-state index in [-0.39, 0.29) is 28.4 Å². The van der Waals surface area contributed by atoms with Crippen LogP contribution in [0.3, 0.4) is 0 Å². The fourth-order valence-electron chi connectivity index (χ4n) is 16.5. The molecule has 0 bridgehead atoms. The molecule has 0 spiro atoms. The van der Waals surface area contributed by atoms with Crippen LogP contribution in [0.5, 0.6) is 0 Å². The molecule has 2 aliphatic heterocycles. The first-order valence-electron chi connectivity index (χ1n) is 36.6. The Balaban J connectivity index is 1.05. The topological polar surface area (TPSA) is 35.6 Å². The van der Waals surface area contributed by atoms with Crippen LogP contribution in [0.2, 0.25) is 0 Å². The maximum Gasteiger partial charge on any atom is 0.252 e. The first-order valence-corrected chi connectivity index (χ1v) is 36.6. The Hall–Kier alpha value is -11.4. The summed E-state index contributed by atoms with van der Waals surface area (Å²) >= 11 is 0. The fraction of sp³-hybridized carbons (Fsp3) is 0.163. The van der Waals surface area contributed by atoms with Gasteiger partial charge < -0.3 is 9.13 Å². The zero-order chi connectivity index (χ0) is 70.6. The van der Waals surface area contributed by atoms with Gasteiger partial charge in [-0.3, -0.25) is 0 Å². The van der Waals surface area contributed by atoms with Gasteiger partial charge >= 0.3 is 0 Å². The second-order valence-corrected chi connectivity index (χ2v) is 33.0. The molecule has 0 atom stereocenters. The van der Waals surface area contributed by atoms with Crippen LogP contribution < -0.4 is 16.4 Å². The molecule has 5 heterocycles. The number of rotatable bonds is 9. The van der Waals surface area contributed by atoms with E-state index >= 15 is 0 Å². The monoisotopic (exact) mass is 1330 g/mol. The molecule has 0 saturated heterocycles. The summed E-state index contributed by atoms with van der Waals surface area (Å²) in [4.78, 5) is 11.8. The molecule has 0 unspecified atom stereocenters. The Kier molecular flexibility index (Phi) is 14.6. The highest BCUT2D eigenvalue weighted by atomic mass is 15.0. The Labute approximate surface area is 606 Å². The number of nitrogens with zero attached hydrogens (tertiary/aromatic N) is 4. The van der Waals surface area contributed by atoms with Gasteiger partial charge in [-0.15, -0.1) is 0 Å². The van der Waals surface area contributed by atoms with Crippen molar-refractivity contribution in [1.29, 1.82) is 0 Å². The molecule has 16 aromatic rings. The molecule has 0 amide bonds. The third-order valence-corrected chi connectivity index (χ3v) is 22.0. The van der Waals surface area contributed by atoms with Crippen LogP contribution in [0.4, 0.5) is 0 Å². The minimum Gasteiger partial charge on any atom is -0.310 e. The highest BCUT2D eigenvalue weighted by Crippen LogP contribution is 2.49. The quantitative estimate of drug-likeness (QED) is 0.135. The van der Waals surface area contributed by atoms with E-state index in [9.17, 15) is 0 Å². The lowest BCUT2D eigenvalue weighted by atomic mass is 9.34. The van der Waals surface area contributed by atoms with E-state index in [1.165, 1.54) is 116 Å². The Morgan fingerprint density at radius 3 is 0.893 bits per heavy atom. The van der Waals surface area contributed by atoms with E-state index in [0.29, 0.717) is 5.82 Å². The molecule has 3 aromatic heterocycles. The number of hydrogen-bond donors (Lipinski definition) is 0. The summed E-state index contributed by atoms with van der Waals surface area (Å²) in [6.45, 7) is 27.7. The number of aromatic nitrogens is 4. The van der Waals surface area contributed by atoms with Crippen molar-refractivity contribution in [2.24, 2.45) is 0 Å². The normalized spacial score (nSPS) is 12.8. The van der Waals surface area contributed by atoms with Gasteiger partial charge in [0.05, 0.1) is 22.4 Å². The van der Waals surface area contributed by atoms with Crippen molar-refractivity contribution < 1.29 is 0 Å². The Morgan fingerprint density at radius 2 is 0.563 bits per heavy atom. The number of benzene rings is 13. The average Bonchev–Trinajstić information content (AvgIpc) is 1.54. The van der Waals surface area contributed by atoms with Gasteiger partial charge in [0.1, 0.15) is 0 Å². The molecule has 103 heavy (non-hydrogen) atoms. The molecule has 2 aliphatic rings. The summed E-state index contributed by atoms with van der Waals surface area (Å²) in [5.41, 5.74) is 34.2. The van der Waals surface area contributed by atoms with Crippen molar-refractivity contribution in [3.05, 3.63) is 307 Å². The second kappa shape index (κ2) is 23.6. The van der Waals surface area contributed by atoms with Crippen LogP contribution >= 0.6 is 0 Å². The first-order chi connectivity index (χ1) is 49.6. The maximum absolute atomic E-state index is 6.01. The van der Waals surface area contributed by atoms with E-state index in [4.69, 9.17) is 9.97 Å². The lowest BCUT2D eigenvalue weighted by Gasteiger charge is -2.35. The first kappa shape index (κ1) is 63.8. The largest absolute Gasteiger partial charge is 0.310 e. The van der Waals surface area contributed by atoms with E-state index in [1.54, 1.807) is 0 Å². The molecular formula is C98H83BN4. The van der Waals surface area contributed by atoms with Gasteiger partial charge in [0, 0.05) is 60.6 Å². The molecular weight excluding hydrogens is 1240 g/mol. The van der Waals surface area contributed by atoms with Crippen molar-refractivity contribution in [2.75, 3.05) is 0 Å². The summed E-state index contributed by atoms with van der Waals surface area (Å²) in [5.74, 6) is 0.701. The van der Waals surface area contributed by atoms with Gasteiger partial charge in [-0.25, -0.2) is 9.97 Å². The van der Waals surface area contributed by atoms with Gasteiger partial charge in [0.15, 0.2) is 5.82 Å². The summed E-state index contributed by atoms with van der Waals surface area (Å²) in [6, 6.07) is 108. The molecule has 0 saturated carbocycles. The van der Waals surface area contributed by atoms with Crippen LogP contribution in [0.15, 0.2) is 285 Å². The minimum atomic E-state index is -0.226. The third-order valence-electron chi connectivity index (χ3n) is 22.0. The van der Waals surface area contributed by atoms with Crippen molar-refractivity contribution in [1.82, 2.24) is 19.1 Å². The SMILES string of the molecule is CC(C)(C)c1cc(-c2cc(-c3cc4c5c(c3)-n3c6cc(-c7ccccc7)cc(-c7ccccc7)c6c6cc(-c7ccccc7)cc(c63)B5c3cc(-c5ccccc5)cc5c6c(-c7ccccc7)cc(-c7ccccc7)cc6n-4c35)nc(-c3cc(C(C)(C)C)cc(C(C)(C)C)c3)n2)cc(C(C)(C)C)c1. The highest BCUT2D eigenvalue weighted by Gasteiger charge is 2.43. The van der Waals surface area contributed by atoms with Gasteiger partial charge in [-0.05, 0) is 206 Å². The molecule has 18 rings (SSSR count). The summed E-state index contributed by atoms with van der Waals surface area (Å²) in [7, 11) is 0. The van der Waals surface area contributed by atoms with Crippen LogP contribution in [-0.4, -0.2) is 25.8 Å². The molecule has 5 heteroatoms. The van der Waals surface area contributed by atoms with Crippen LogP contribution in [-0.2, 0) is 21.7 Å².